The molecule has 0 spiro atoms. The van der Waals surface area contributed by atoms with Crippen LogP contribution in [0, 0.1) is 6.92 Å². The Morgan fingerprint density at radius 2 is 1.72 bits per heavy atom. The molecule has 11 heteroatoms. The fourth-order valence-electron chi connectivity index (χ4n) is 4.41. The van der Waals surface area contributed by atoms with E-state index in [0.717, 1.165) is 60.6 Å². The van der Waals surface area contributed by atoms with E-state index in [4.69, 9.17) is 28.7 Å². The zero-order chi connectivity index (χ0) is 27.1. The Kier molecular flexibility index (Phi) is 11.2. The number of ether oxygens (including phenoxy) is 5. The smallest absolute Gasteiger partial charge is 0.252 e. The van der Waals surface area contributed by atoms with Crippen LogP contribution in [0.2, 0.25) is 0 Å². The van der Waals surface area contributed by atoms with Crippen molar-refractivity contribution in [3.8, 4) is 23.0 Å². The summed E-state index contributed by atoms with van der Waals surface area (Å²) in [6.07, 6.45) is 4.13. The summed E-state index contributed by atoms with van der Waals surface area (Å²) in [4.78, 5) is 22.6. The van der Waals surface area contributed by atoms with Crippen molar-refractivity contribution in [2.24, 2.45) is 0 Å². The lowest BCUT2D eigenvalue weighted by molar-refractivity contribution is -0.114. The van der Waals surface area contributed by atoms with E-state index in [1.54, 1.807) is 57.6 Å². The number of nitrogens with zero attached hydrogens (tertiary/aromatic N) is 3. The summed E-state index contributed by atoms with van der Waals surface area (Å²) in [5.41, 5.74) is 2.62. The first-order valence-corrected chi connectivity index (χ1v) is 13.3. The van der Waals surface area contributed by atoms with Gasteiger partial charge in [-0.1, -0.05) is 17.4 Å². The zero-order valence-electron chi connectivity index (χ0n) is 23.0. The number of anilines is 1. The maximum absolute atomic E-state index is 13.6. The van der Waals surface area contributed by atoms with Gasteiger partial charge in [0.1, 0.15) is 11.3 Å². The van der Waals surface area contributed by atoms with Gasteiger partial charge >= 0.3 is 0 Å². The van der Waals surface area contributed by atoms with Crippen molar-refractivity contribution in [2.75, 3.05) is 72.7 Å². The molecule has 0 radical (unpaired) electrons. The van der Waals surface area contributed by atoms with E-state index < -0.39 is 0 Å². The molecule has 0 unspecified atom stereocenters. The first kappa shape index (κ1) is 30.5. The van der Waals surface area contributed by atoms with Crippen molar-refractivity contribution in [3.63, 3.8) is 0 Å². The van der Waals surface area contributed by atoms with E-state index in [1.807, 2.05) is 19.1 Å². The van der Waals surface area contributed by atoms with Gasteiger partial charge in [0, 0.05) is 32.3 Å². The van der Waals surface area contributed by atoms with Gasteiger partial charge in [-0.05, 0) is 48.7 Å². The maximum atomic E-state index is 13.6. The second-order valence-electron chi connectivity index (χ2n) is 8.85. The number of rotatable bonds is 11. The van der Waals surface area contributed by atoms with Gasteiger partial charge in [0.15, 0.2) is 16.6 Å². The first-order valence-electron chi connectivity index (χ1n) is 12.5. The highest BCUT2D eigenvalue weighted by Gasteiger charge is 2.21. The summed E-state index contributed by atoms with van der Waals surface area (Å²) in [7, 11) is 6.32. The highest BCUT2D eigenvalue weighted by Crippen LogP contribution is 2.39. The van der Waals surface area contributed by atoms with Gasteiger partial charge in [-0.2, -0.15) is 0 Å². The largest absolute Gasteiger partial charge is 0.494 e. The Morgan fingerprint density at radius 1 is 1.05 bits per heavy atom. The minimum Gasteiger partial charge on any atom is -0.494 e. The molecule has 4 rings (SSSR count). The van der Waals surface area contributed by atoms with E-state index in [2.05, 4.69) is 4.90 Å². The third-order valence-corrected chi connectivity index (χ3v) is 7.69. The van der Waals surface area contributed by atoms with Gasteiger partial charge in [0.2, 0.25) is 5.75 Å². The molecule has 1 fully saturated rings. The molecular formula is C28H36ClN3O6S. The van der Waals surface area contributed by atoms with Crippen molar-refractivity contribution in [2.45, 2.75) is 13.3 Å². The van der Waals surface area contributed by atoms with Crippen molar-refractivity contribution in [3.05, 3.63) is 41.5 Å². The maximum Gasteiger partial charge on any atom is 0.252 e. The number of methoxy groups -OCH3 is 4. The Morgan fingerprint density at radius 3 is 2.33 bits per heavy atom. The summed E-state index contributed by atoms with van der Waals surface area (Å²) < 4.78 is 28.3. The number of carbonyl (C=O) groups excluding carboxylic acids is 1. The molecule has 1 aliphatic heterocycles. The van der Waals surface area contributed by atoms with Gasteiger partial charge < -0.3 is 23.7 Å². The summed E-state index contributed by atoms with van der Waals surface area (Å²) in [5, 5.41) is 0.647. The number of morpholine rings is 1. The molecular weight excluding hydrogens is 542 g/mol. The second-order valence-corrected chi connectivity index (χ2v) is 9.83. The molecule has 39 heavy (non-hydrogen) atoms. The lowest BCUT2D eigenvalue weighted by atomic mass is 10.1. The molecule has 2 heterocycles. The molecule has 0 atom stereocenters. The number of benzene rings is 2. The van der Waals surface area contributed by atoms with E-state index in [-0.39, 0.29) is 18.3 Å². The van der Waals surface area contributed by atoms with Crippen LogP contribution in [0.1, 0.15) is 17.5 Å². The Bertz CT molecular complexity index is 1270. The molecule has 2 aromatic carbocycles. The molecule has 0 aliphatic carbocycles. The molecule has 1 aliphatic rings. The van der Waals surface area contributed by atoms with Gasteiger partial charge in [-0.15, -0.1) is 12.4 Å². The number of thiazole rings is 1. The predicted molar refractivity (Wildman–Crippen MR) is 158 cm³/mol. The number of hydrogen-bond donors (Lipinski definition) is 0. The lowest BCUT2D eigenvalue weighted by Crippen LogP contribution is -2.39. The summed E-state index contributed by atoms with van der Waals surface area (Å²) >= 11 is 1.50. The highest BCUT2D eigenvalue weighted by atomic mass is 35.5. The molecule has 9 nitrogen and oxygen atoms in total. The van der Waals surface area contributed by atoms with Gasteiger partial charge in [-0.25, -0.2) is 4.98 Å². The standard InChI is InChI=1S/C28H35N3O6S.ClH/c1-19-7-9-21(33-2)25-27(19)38-28(29-25)31(12-6-11-30-13-15-37-16-14-30)24(32)10-8-20-17-22(34-3)26(36-5)23(18-20)35-4;/h7-10,17-18H,6,11-16H2,1-5H3;1H/b10-8+;. The second kappa shape index (κ2) is 14.4. The van der Waals surface area contributed by atoms with Crippen molar-refractivity contribution < 1.29 is 28.5 Å². The van der Waals surface area contributed by atoms with E-state index >= 15 is 0 Å². The van der Waals surface area contributed by atoms with Crippen LogP contribution >= 0.6 is 23.7 Å². The van der Waals surface area contributed by atoms with Crippen molar-refractivity contribution >= 4 is 51.1 Å². The minimum absolute atomic E-state index is 0. The average Bonchev–Trinajstić information content (AvgIpc) is 3.40. The summed E-state index contributed by atoms with van der Waals surface area (Å²) in [6, 6.07) is 7.54. The van der Waals surface area contributed by atoms with Crippen LogP contribution in [-0.2, 0) is 9.53 Å². The number of halogens is 1. The fourth-order valence-corrected chi connectivity index (χ4v) is 5.49. The minimum atomic E-state index is -0.156. The van der Waals surface area contributed by atoms with Crippen LogP contribution in [0.5, 0.6) is 23.0 Å². The summed E-state index contributed by atoms with van der Waals surface area (Å²) in [6.45, 7) is 6.78. The number of hydrogen-bond acceptors (Lipinski definition) is 9. The van der Waals surface area contributed by atoms with E-state index in [1.165, 1.54) is 11.3 Å². The van der Waals surface area contributed by atoms with Crippen molar-refractivity contribution in [1.29, 1.82) is 0 Å². The predicted octanol–water partition coefficient (Wildman–Crippen LogP) is 4.83. The topological polar surface area (TPSA) is 82.6 Å². The third kappa shape index (κ3) is 7.13. The first-order chi connectivity index (χ1) is 18.5. The number of carbonyl (C=O) groups is 1. The number of aromatic nitrogens is 1. The van der Waals surface area contributed by atoms with Gasteiger partial charge in [-0.3, -0.25) is 14.6 Å². The molecule has 1 saturated heterocycles. The highest BCUT2D eigenvalue weighted by molar-refractivity contribution is 7.22. The van der Waals surface area contributed by atoms with E-state index in [0.29, 0.717) is 34.7 Å². The monoisotopic (exact) mass is 577 g/mol. The molecule has 0 saturated carbocycles. The van der Waals surface area contributed by atoms with Crippen LogP contribution in [0.4, 0.5) is 5.13 Å². The number of aryl methyl sites for hydroxylation is 1. The van der Waals surface area contributed by atoms with Crippen LogP contribution in [-0.4, -0.2) is 83.6 Å². The Balaban J connectivity index is 0.00000420. The quantitative estimate of drug-likeness (QED) is 0.300. The van der Waals surface area contributed by atoms with Crippen LogP contribution < -0.4 is 23.8 Å². The van der Waals surface area contributed by atoms with Crippen LogP contribution in [0.25, 0.3) is 16.3 Å². The lowest BCUT2D eigenvalue weighted by Gasteiger charge is -2.27. The SMILES string of the molecule is COc1cc(/C=C/C(=O)N(CCCN2CCOCC2)c2nc3c(OC)ccc(C)c3s2)cc(OC)c1OC.Cl. The number of amides is 1. The van der Waals surface area contributed by atoms with Crippen LogP contribution in [0.15, 0.2) is 30.3 Å². The molecule has 0 N–H and O–H groups in total. The normalized spacial score (nSPS) is 13.8. The third-order valence-electron chi connectivity index (χ3n) is 6.47. The Labute approximate surface area is 239 Å². The fraction of sp³-hybridized carbons (Fsp3) is 0.429. The molecule has 0 bridgehead atoms. The Hall–Kier alpha value is -3.05. The average molecular weight is 578 g/mol. The molecule has 3 aromatic rings. The number of fused-ring (bicyclic) bond motifs is 1. The van der Waals surface area contributed by atoms with Gasteiger partial charge in [0.05, 0.1) is 46.4 Å². The van der Waals surface area contributed by atoms with E-state index in [9.17, 15) is 4.79 Å². The summed E-state index contributed by atoms with van der Waals surface area (Å²) in [5.74, 6) is 2.09. The molecule has 212 valence electrons. The molecule has 1 aromatic heterocycles. The molecule has 1 amide bonds. The van der Waals surface area contributed by atoms with Gasteiger partial charge in [0.25, 0.3) is 5.91 Å². The van der Waals surface area contributed by atoms with Crippen molar-refractivity contribution in [1.82, 2.24) is 9.88 Å². The van der Waals surface area contributed by atoms with Crippen LogP contribution in [0.3, 0.4) is 0 Å². The zero-order valence-corrected chi connectivity index (χ0v) is 24.7.